The van der Waals surface area contributed by atoms with Gasteiger partial charge in [0, 0.05) is 13.8 Å². The monoisotopic (exact) mass is 501 g/mol. The summed E-state index contributed by atoms with van der Waals surface area (Å²) < 4.78 is 96.6. The van der Waals surface area contributed by atoms with Gasteiger partial charge in [0.2, 0.25) is 0 Å². The van der Waals surface area contributed by atoms with Crippen molar-refractivity contribution in [3.63, 3.8) is 0 Å². The number of hydrogen-bond acceptors (Lipinski definition) is 12. The molecule has 0 unspecified atom stereocenters. The van der Waals surface area contributed by atoms with Crippen molar-refractivity contribution in [1.82, 2.24) is 19.5 Å². The number of esters is 2. The van der Waals surface area contributed by atoms with Gasteiger partial charge in [-0.3, -0.25) is 18.3 Å². The second kappa shape index (κ2) is 8.67. The number of rotatable bonds is 6. The molecule has 2 N–H and O–H groups in total. The van der Waals surface area contributed by atoms with Crippen molar-refractivity contribution >= 4 is 39.0 Å². The summed E-state index contributed by atoms with van der Waals surface area (Å²) in [5.74, 6) is -2.29. The molecule has 13 nitrogen and oxygen atoms in total. The molecule has 0 spiro atoms. The molecule has 3 heterocycles. The summed E-state index contributed by atoms with van der Waals surface area (Å²) in [5, 5.41) is 0. The molecule has 0 aromatic carbocycles. The fourth-order valence-corrected chi connectivity index (χ4v) is 3.61. The Morgan fingerprint density at radius 3 is 2.45 bits per heavy atom. The van der Waals surface area contributed by atoms with Crippen LogP contribution in [-0.4, -0.2) is 70.3 Å². The van der Waals surface area contributed by atoms with Gasteiger partial charge in [0.15, 0.2) is 35.4 Å². The largest absolute Gasteiger partial charge is 0.523 e. The van der Waals surface area contributed by atoms with Gasteiger partial charge in [-0.25, -0.2) is 4.98 Å². The molecule has 0 amide bonds. The van der Waals surface area contributed by atoms with Crippen molar-refractivity contribution in [2.75, 3.05) is 12.3 Å². The first-order chi connectivity index (χ1) is 15.2. The summed E-state index contributed by atoms with van der Waals surface area (Å²) in [6, 6.07) is 0. The normalized spacial score (nSPS) is 23.6. The minimum atomic E-state index is -6.24. The maximum Gasteiger partial charge on any atom is 0.523 e. The molecule has 1 saturated heterocycles. The standard InChI is InChI=1S/C15H15F4N5O8S/c1-5(25)29-3-7-9(30-6(2)26)10(32-33(27,28)15(17,18)19)13(31-7)24-4-21-8-11(20)22-14(16)23-12(8)24/h4,7,9-10,13H,3H2,1-2H3,(H2,20,22,23)/t7-,9-,10-,13-/m1/s1. The summed E-state index contributed by atoms with van der Waals surface area (Å²) in [6.45, 7) is 1.25. The van der Waals surface area contributed by atoms with E-state index >= 15 is 0 Å². The summed E-state index contributed by atoms with van der Waals surface area (Å²) in [6.07, 6.45) is -7.74. The molecule has 0 radical (unpaired) electrons. The van der Waals surface area contributed by atoms with Gasteiger partial charge in [0.25, 0.3) is 0 Å². The summed E-state index contributed by atoms with van der Waals surface area (Å²) >= 11 is 0. The van der Waals surface area contributed by atoms with Crippen molar-refractivity contribution < 1.29 is 54.0 Å². The van der Waals surface area contributed by atoms with Crippen LogP contribution in [0.15, 0.2) is 6.33 Å². The quantitative estimate of drug-likeness (QED) is 0.187. The van der Waals surface area contributed by atoms with Gasteiger partial charge in [-0.2, -0.15) is 35.9 Å². The molecule has 3 rings (SSSR count). The third-order valence-corrected chi connectivity index (χ3v) is 5.30. The molecule has 0 saturated carbocycles. The van der Waals surface area contributed by atoms with Crippen molar-refractivity contribution in [2.45, 2.75) is 43.9 Å². The zero-order valence-corrected chi connectivity index (χ0v) is 17.5. The third-order valence-electron chi connectivity index (χ3n) is 4.25. The lowest BCUT2D eigenvalue weighted by Gasteiger charge is -2.24. The molecule has 33 heavy (non-hydrogen) atoms. The van der Waals surface area contributed by atoms with Crippen LogP contribution in [-0.2, 0) is 38.1 Å². The molecule has 4 atom stereocenters. The highest BCUT2D eigenvalue weighted by Crippen LogP contribution is 2.39. The van der Waals surface area contributed by atoms with E-state index in [1.165, 1.54) is 0 Å². The van der Waals surface area contributed by atoms with E-state index in [1.807, 2.05) is 0 Å². The first-order valence-electron chi connectivity index (χ1n) is 8.82. The molecule has 1 aliphatic heterocycles. The maximum absolute atomic E-state index is 13.7. The van der Waals surface area contributed by atoms with Crippen LogP contribution in [0, 0.1) is 6.08 Å². The van der Waals surface area contributed by atoms with Crippen LogP contribution >= 0.6 is 0 Å². The fourth-order valence-electron chi connectivity index (χ4n) is 3.00. The minimum absolute atomic E-state index is 0.190. The molecular weight excluding hydrogens is 486 g/mol. The Bertz CT molecular complexity index is 1190. The Morgan fingerprint density at radius 2 is 1.88 bits per heavy atom. The molecule has 1 aliphatic rings. The summed E-state index contributed by atoms with van der Waals surface area (Å²) in [5.41, 5.74) is -0.873. The average Bonchev–Trinajstić information content (AvgIpc) is 3.20. The molecule has 0 aliphatic carbocycles. The topological polar surface area (TPSA) is 175 Å². The van der Waals surface area contributed by atoms with Gasteiger partial charge in [-0.1, -0.05) is 0 Å². The number of halogens is 4. The van der Waals surface area contributed by atoms with E-state index < -0.39 is 76.3 Å². The van der Waals surface area contributed by atoms with Gasteiger partial charge < -0.3 is 19.9 Å². The lowest BCUT2D eigenvalue weighted by atomic mass is 10.1. The van der Waals surface area contributed by atoms with Gasteiger partial charge in [-0.05, 0) is 0 Å². The Morgan fingerprint density at radius 1 is 1.21 bits per heavy atom. The lowest BCUT2D eigenvalue weighted by molar-refractivity contribution is -0.157. The highest BCUT2D eigenvalue weighted by molar-refractivity contribution is 7.87. The average molecular weight is 501 g/mol. The molecule has 182 valence electrons. The maximum atomic E-state index is 13.7. The number of carbonyl (C=O) groups is 2. The second-order valence-electron chi connectivity index (χ2n) is 6.60. The fraction of sp³-hybridized carbons (Fsp3) is 0.533. The molecule has 1 fully saturated rings. The Hall–Kier alpha value is -3.12. The number of imidazole rings is 1. The minimum Gasteiger partial charge on any atom is -0.463 e. The molecule has 2 aromatic heterocycles. The second-order valence-corrected chi connectivity index (χ2v) is 8.17. The van der Waals surface area contributed by atoms with Crippen LogP contribution < -0.4 is 5.73 Å². The number of nitrogens with zero attached hydrogens (tertiary/aromatic N) is 4. The number of fused-ring (bicyclic) bond motifs is 1. The predicted molar refractivity (Wildman–Crippen MR) is 95.6 cm³/mol. The van der Waals surface area contributed by atoms with Crippen LogP contribution in [0.2, 0.25) is 0 Å². The third kappa shape index (κ3) is 4.96. The predicted octanol–water partition coefficient (Wildman–Crippen LogP) is 0.175. The summed E-state index contributed by atoms with van der Waals surface area (Å²) in [7, 11) is -6.24. The molecule has 18 heteroatoms. The smallest absolute Gasteiger partial charge is 0.463 e. The van der Waals surface area contributed by atoms with Crippen molar-refractivity contribution in [3.05, 3.63) is 12.4 Å². The van der Waals surface area contributed by atoms with E-state index in [0.717, 1.165) is 24.7 Å². The van der Waals surface area contributed by atoms with E-state index in [1.54, 1.807) is 0 Å². The van der Waals surface area contributed by atoms with E-state index in [0.29, 0.717) is 0 Å². The number of aromatic nitrogens is 4. The van der Waals surface area contributed by atoms with E-state index in [9.17, 15) is 35.6 Å². The van der Waals surface area contributed by atoms with Gasteiger partial charge in [0.05, 0.1) is 6.33 Å². The number of carbonyl (C=O) groups excluding carboxylic acids is 2. The van der Waals surface area contributed by atoms with Gasteiger partial charge >= 0.3 is 33.6 Å². The van der Waals surface area contributed by atoms with Crippen LogP contribution in [0.3, 0.4) is 0 Å². The molecule has 2 aromatic rings. The van der Waals surface area contributed by atoms with Crippen molar-refractivity contribution in [1.29, 1.82) is 0 Å². The van der Waals surface area contributed by atoms with Crippen LogP contribution in [0.25, 0.3) is 11.2 Å². The SMILES string of the molecule is CC(=O)OC[C@H]1O[C@@H](n2cnc3c(N)nc(F)nc32)[C@H](OS(=O)(=O)C(F)(F)F)[C@@H]1OC(C)=O. The first kappa shape index (κ1) is 24.5. The highest BCUT2D eigenvalue weighted by Gasteiger charge is 2.56. The number of anilines is 1. The number of nitrogen functional groups attached to an aromatic ring is 1. The van der Waals surface area contributed by atoms with E-state index in [-0.39, 0.29) is 5.52 Å². The lowest BCUT2D eigenvalue weighted by Crippen LogP contribution is -2.42. The van der Waals surface area contributed by atoms with Crippen molar-refractivity contribution in [3.8, 4) is 0 Å². The van der Waals surface area contributed by atoms with Crippen LogP contribution in [0.4, 0.5) is 23.4 Å². The number of alkyl halides is 3. The van der Waals surface area contributed by atoms with Gasteiger partial charge in [0.1, 0.15) is 12.7 Å². The van der Waals surface area contributed by atoms with Crippen molar-refractivity contribution in [2.24, 2.45) is 0 Å². The van der Waals surface area contributed by atoms with Crippen LogP contribution in [0.5, 0.6) is 0 Å². The summed E-state index contributed by atoms with van der Waals surface area (Å²) in [4.78, 5) is 33.3. The van der Waals surface area contributed by atoms with Gasteiger partial charge in [-0.15, -0.1) is 0 Å². The highest BCUT2D eigenvalue weighted by atomic mass is 32.2. The Balaban J connectivity index is 2.12. The Labute approximate surface area is 181 Å². The zero-order chi connectivity index (χ0) is 24.7. The molecule has 0 bridgehead atoms. The van der Waals surface area contributed by atoms with Crippen LogP contribution in [0.1, 0.15) is 20.1 Å². The number of ether oxygens (including phenoxy) is 3. The van der Waals surface area contributed by atoms with E-state index in [4.69, 9.17) is 19.9 Å². The first-order valence-corrected chi connectivity index (χ1v) is 10.2. The Kier molecular flexibility index (Phi) is 6.44. The number of hydrogen-bond donors (Lipinski definition) is 1. The molecular formula is C15H15F4N5O8S. The zero-order valence-electron chi connectivity index (χ0n) is 16.6. The van der Waals surface area contributed by atoms with E-state index in [2.05, 4.69) is 19.1 Å². The number of nitrogens with two attached hydrogens (primary N) is 1.